The zero-order valence-electron chi connectivity index (χ0n) is 7.59. The van der Waals surface area contributed by atoms with E-state index < -0.39 is 0 Å². The van der Waals surface area contributed by atoms with Crippen LogP contribution in [0, 0.1) is 5.92 Å². The SMILES string of the molecule is CC(C)C(N)c1ncc(Cl)cc1Cl. The second-order valence-corrected chi connectivity index (χ2v) is 4.13. The zero-order chi connectivity index (χ0) is 10.0. The molecule has 0 saturated heterocycles. The van der Waals surface area contributed by atoms with Gasteiger partial charge in [-0.15, -0.1) is 0 Å². The highest BCUT2D eigenvalue weighted by molar-refractivity contribution is 6.34. The predicted molar refractivity (Wildman–Crippen MR) is 56.0 cm³/mol. The first-order valence-electron chi connectivity index (χ1n) is 4.09. The number of rotatable bonds is 2. The van der Waals surface area contributed by atoms with Crippen LogP contribution in [0.5, 0.6) is 0 Å². The van der Waals surface area contributed by atoms with Gasteiger partial charge in [0.2, 0.25) is 0 Å². The van der Waals surface area contributed by atoms with Crippen LogP contribution < -0.4 is 5.73 Å². The van der Waals surface area contributed by atoms with Crippen molar-refractivity contribution >= 4 is 23.2 Å². The average molecular weight is 219 g/mol. The molecule has 1 atom stereocenters. The van der Waals surface area contributed by atoms with Gasteiger partial charge in [-0.2, -0.15) is 0 Å². The Kier molecular flexibility index (Phi) is 3.54. The topological polar surface area (TPSA) is 38.9 Å². The summed E-state index contributed by atoms with van der Waals surface area (Å²) >= 11 is 11.7. The zero-order valence-corrected chi connectivity index (χ0v) is 9.10. The maximum Gasteiger partial charge on any atom is 0.0760 e. The molecular formula is C9H12Cl2N2. The van der Waals surface area contributed by atoms with Crippen LogP contribution in [0.1, 0.15) is 25.6 Å². The van der Waals surface area contributed by atoms with Gasteiger partial charge in [0.1, 0.15) is 0 Å². The van der Waals surface area contributed by atoms with Gasteiger partial charge < -0.3 is 5.73 Å². The van der Waals surface area contributed by atoms with Crippen molar-refractivity contribution in [1.82, 2.24) is 4.98 Å². The maximum atomic E-state index is 5.94. The molecule has 0 aliphatic carbocycles. The quantitative estimate of drug-likeness (QED) is 0.830. The molecule has 1 unspecified atom stereocenters. The van der Waals surface area contributed by atoms with Crippen LogP contribution in [0.25, 0.3) is 0 Å². The lowest BCUT2D eigenvalue weighted by Crippen LogP contribution is -2.18. The number of pyridine rings is 1. The predicted octanol–water partition coefficient (Wildman–Crippen LogP) is 3.04. The van der Waals surface area contributed by atoms with E-state index in [2.05, 4.69) is 4.98 Å². The van der Waals surface area contributed by atoms with Gasteiger partial charge in [0, 0.05) is 6.20 Å². The van der Waals surface area contributed by atoms with Gasteiger partial charge in [0.25, 0.3) is 0 Å². The highest BCUT2D eigenvalue weighted by Crippen LogP contribution is 2.26. The summed E-state index contributed by atoms with van der Waals surface area (Å²) in [5.74, 6) is 0.311. The smallest absolute Gasteiger partial charge is 0.0760 e. The molecular weight excluding hydrogens is 207 g/mol. The first-order valence-corrected chi connectivity index (χ1v) is 4.84. The number of aromatic nitrogens is 1. The summed E-state index contributed by atoms with van der Waals surface area (Å²) in [6.45, 7) is 4.05. The van der Waals surface area contributed by atoms with E-state index in [4.69, 9.17) is 28.9 Å². The van der Waals surface area contributed by atoms with Crippen molar-refractivity contribution in [3.8, 4) is 0 Å². The van der Waals surface area contributed by atoms with Gasteiger partial charge in [-0.3, -0.25) is 4.98 Å². The van der Waals surface area contributed by atoms with E-state index in [-0.39, 0.29) is 6.04 Å². The number of hydrogen-bond acceptors (Lipinski definition) is 2. The summed E-state index contributed by atoms with van der Waals surface area (Å²) < 4.78 is 0. The largest absolute Gasteiger partial charge is 0.322 e. The van der Waals surface area contributed by atoms with Crippen LogP contribution >= 0.6 is 23.2 Å². The summed E-state index contributed by atoms with van der Waals surface area (Å²) in [7, 11) is 0. The van der Waals surface area contributed by atoms with Crippen molar-refractivity contribution in [2.45, 2.75) is 19.9 Å². The fourth-order valence-electron chi connectivity index (χ4n) is 0.986. The first-order chi connectivity index (χ1) is 6.02. The molecule has 0 spiro atoms. The van der Waals surface area contributed by atoms with Crippen molar-refractivity contribution < 1.29 is 0 Å². The minimum Gasteiger partial charge on any atom is -0.322 e. The standard InChI is InChI=1S/C9H12Cl2N2/c1-5(2)8(12)9-7(11)3-6(10)4-13-9/h3-5,8H,12H2,1-2H3. The molecule has 4 heteroatoms. The molecule has 0 aromatic carbocycles. The summed E-state index contributed by atoms with van der Waals surface area (Å²) in [6.07, 6.45) is 1.56. The minimum atomic E-state index is -0.134. The molecule has 72 valence electrons. The van der Waals surface area contributed by atoms with Crippen molar-refractivity contribution in [2.75, 3.05) is 0 Å². The summed E-state index contributed by atoms with van der Waals surface area (Å²) in [5, 5.41) is 1.07. The third-order valence-electron chi connectivity index (χ3n) is 1.87. The highest BCUT2D eigenvalue weighted by atomic mass is 35.5. The van der Waals surface area contributed by atoms with E-state index in [0.717, 1.165) is 0 Å². The molecule has 0 aliphatic heterocycles. The molecule has 0 fully saturated rings. The average Bonchev–Trinajstić information content (AvgIpc) is 2.03. The van der Waals surface area contributed by atoms with Gasteiger partial charge in [-0.1, -0.05) is 37.0 Å². The van der Waals surface area contributed by atoms with E-state index in [0.29, 0.717) is 21.7 Å². The number of halogens is 2. The molecule has 0 amide bonds. The van der Waals surface area contributed by atoms with Crippen molar-refractivity contribution in [2.24, 2.45) is 11.7 Å². The molecule has 2 N–H and O–H groups in total. The van der Waals surface area contributed by atoms with Crippen molar-refractivity contribution in [1.29, 1.82) is 0 Å². The van der Waals surface area contributed by atoms with E-state index in [1.807, 2.05) is 13.8 Å². The Balaban J connectivity index is 3.01. The van der Waals surface area contributed by atoms with Gasteiger partial charge in [0.05, 0.1) is 21.8 Å². The second-order valence-electron chi connectivity index (χ2n) is 3.29. The van der Waals surface area contributed by atoms with E-state index >= 15 is 0 Å². The van der Waals surface area contributed by atoms with Crippen LogP contribution in [0.2, 0.25) is 10.0 Å². The lowest BCUT2D eigenvalue weighted by molar-refractivity contribution is 0.503. The first kappa shape index (κ1) is 10.8. The second kappa shape index (κ2) is 4.27. The number of nitrogens with zero attached hydrogens (tertiary/aromatic N) is 1. The molecule has 1 rings (SSSR count). The van der Waals surface area contributed by atoms with Gasteiger partial charge in [-0.05, 0) is 12.0 Å². The number of hydrogen-bond donors (Lipinski definition) is 1. The molecule has 2 nitrogen and oxygen atoms in total. The Labute approximate surface area is 88.1 Å². The monoisotopic (exact) mass is 218 g/mol. The normalized spacial score (nSPS) is 13.4. The molecule has 0 saturated carbocycles. The van der Waals surface area contributed by atoms with Crippen LogP contribution in [0.4, 0.5) is 0 Å². The summed E-state index contributed by atoms with van der Waals surface area (Å²) in [4.78, 5) is 4.11. The van der Waals surface area contributed by atoms with Crippen LogP contribution in [0.3, 0.4) is 0 Å². The van der Waals surface area contributed by atoms with Gasteiger partial charge in [0.15, 0.2) is 0 Å². The van der Waals surface area contributed by atoms with Crippen LogP contribution in [-0.2, 0) is 0 Å². The summed E-state index contributed by atoms with van der Waals surface area (Å²) in [6, 6.07) is 1.53. The van der Waals surface area contributed by atoms with E-state index in [1.54, 1.807) is 12.3 Å². The minimum absolute atomic E-state index is 0.134. The molecule has 0 aliphatic rings. The van der Waals surface area contributed by atoms with E-state index in [9.17, 15) is 0 Å². The Hall–Kier alpha value is -0.310. The molecule has 1 aromatic rings. The fraction of sp³-hybridized carbons (Fsp3) is 0.444. The lowest BCUT2D eigenvalue weighted by atomic mass is 10.0. The summed E-state index contributed by atoms with van der Waals surface area (Å²) in [5.41, 5.74) is 6.61. The highest BCUT2D eigenvalue weighted by Gasteiger charge is 2.15. The maximum absolute atomic E-state index is 5.94. The van der Waals surface area contributed by atoms with Gasteiger partial charge >= 0.3 is 0 Å². The molecule has 1 aromatic heterocycles. The van der Waals surface area contributed by atoms with Crippen LogP contribution in [-0.4, -0.2) is 4.98 Å². The Morgan fingerprint density at radius 1 is 1.38 bits per heavy atom. The lowest BCUT2D eigenvalue weighted by Gasteiger charge is -2.15. The third-order valence-corrected chi connectivity index (χ3v) is 2.38. The molecule has 13 heavy (non-hydrogen) atoms. The Morgan fingerprint density at radius 2 is 2.00 bits per heavy atom. The Morgan fingerprint density at radius 3 is 2.46 bits per heavy atom. The molecule has 0 radical (unpaired) electrons. The molecule has 0 bridgehead atoms. The third kappa shape index (κ3) is 2.56. The van der Waals surface area contributed by atoms with Crippen molar-refractivity contribution in [3.63, 3.8) is 0 Å². The number of nitrogens with two attached hydrogens (primary N) is 1. The fourth-order valence-corrected chi connectivity index (χ4v) is 1.49. The Bertz CT molecular complexity index is 300. The van der Waals surface area contributed by atoms with E-state index in [1.165, 1.54) is 0 Å². The van der Waals surface area contributed by atoms with Crippen LogP contribution in [0.15, 0.2) is 12.3 Å². The van der Waals surface area contributed by atoms with Crippen molar-refractivity contribution in [3.05, 3.63) is 28.0 Å². The van der Waals surface area contributed by atoms with Gasteiger partial charge in [-0.25, -0.2) is 0 Å². The molecule has 1 heterocycles.